The maximum Gasteiger partial charge on any atom is 0.335 e. The summed E-state index contributed by atoms with van der Waals surface area (Å²) in [5, 5.41) is 63.3. The number of carbonyl (C=O) groups excluding carboxylic acids is 1. The van der Waals surface area contributed by atoms with Crippen LogP contribution in [0.5, 0.6) is 0 Å². The van der Waals surface area contributed by atoms with Gasteiger partial charge in [0.2, 0.25) is 5.91 Å². The summed E-state index contributed by atoms with van der Waals surface area (Å²) < 4.78 is 19.1. The SMILES string of the molecule is CCc1c[nH]cc1CCC12C3CC4C(CNC)CC56C=C7C=CC1(CCC1C=C8C9%10C=CCC(C)(CC(COC)C9(C(=O)O)CCC85C4(C)C712)C%10NC6=O)CC(OC1OC(C(=O)O)C(O)C(O)C1O)C3(C)C. The lowest BCUT2D eigenvalue weighted by atomic mass is 9.12. The van der Waals surface area contributed by atoms with Gasteiger partial charge in [-0.1, -0.05) is 76.6 Å². The Kier molecular flexibility index (Phi) is 9.91. The van der Waals surface area contributed by atoms with Gasteiger partial charge in [-0.25, -0.2) is 4.79 Å². The van der Waals surface area contributed by atoms with Crippen molar-refractivity contribution in [1.29, 1.82) is 0 Å². The third kappa shape index (κ3) is 4.79. The summed E-state index contributed by atoms with van der Waals surface area (Å²) in [6.45, 7) is 12.8. The first kappa shape index (κ1) is 48.0. The number of ether oxygens (including phenoxy) is 3. The second-order valence-corrected chi connectivity index (χ2v) is 26.5. The van der Waals surface area contributed by atoms with Crippen molar-refractivity contribution in [3.63, 3.8) is 0 Å². The zero-order chi connectivity index (χ0) is 50.8. The van der Waals surface area contributed by atoms with Gasteiger partial charge < -0.3 is 55.4 Å². The van der Waals surface area contributed by atoms with E-state index in [0.29, 0.717) is 45.3 Å². The van der Waals surface area contributed by atoms with Gasteiger partial charge in [0, 0.05) is 47.7 Å². The molecule has 7 bridgehead atoms. The van der Waals surface area contributed by atoms with E-state index in [-0.39, 0.29) is 35.5 Å². The molecule has 2 saturated heterocycles. The normalized spacial score (nSPS) is 52.9. The summed E-state index contributed by atoms with van der Waals surface area (Å²) in [5.74, 6) is -2.29. The first-order valence-electron chi connectivity index (χ1n) is 27.4. The first-order chi connectivity index (χ1) is 34.2. The molecule has 1 aromatic heterocycles. The number of aliphatic hydroxyl groups is 3. The van der Waals surface area contributed by atoms with E-state index in [1.807, 2.05) is 7.05 Å². The minimum atomic E-state index is -1.84. The molecule has 21 unspecified atom stereocenters. The molecule has 6 saturated carbocycles. The van der Waals surface area contributed by atoms with Crippen LogP contribution in [0.4, 0.5) is 0 Å². The topological polar surface area (TPSA) is 220 Å². The molecule has 390 valence electrons. The molecule has 14 heteroatoms. The van der Waals surface area contributed by atoms with E-state index in [4.69, 9.17) is 14.2 Å². The van der Waals surface area contributed by atoms with Crippen molar-refractivity contribution in [3.05, 3.63) is 71.1 Å². The van der Waals surface area contributed by atoms with Gasteiger partial charge in [-0.15, -0.1) is 0 Å². The van der Waals surface area contributed by atoms with Crippen LogP contribution in [0.3, 0.4) is 0 Å². The van der Waals surface area contributed by atoms with Gasteiger partial charge in [0.05, 0.1) is 23.5 Å². The Labute approximate surface area is 422 Å². The molecule has 13 rings (SSSR count). The van der Waals surface area contributed by atoms with Crippen LogP contribution in [0.15, 0.2) is 60.0 Å². The molecule has 21 atom stereocenters. The number of allylic oxidation sites excluding steroid dienone is 5. The number of carboxylic acids is 2. The van der Waals surface area contributed by atoms with Crippen molar-refractivity contribution < 1.29 is 54.1 Å². The summed E-state index contributed by atoms with van der Waals surface area (Å²) in [6, 6.07) is -0.427. The largest absolute Gasteiger partial charge is 0.481 e. The number of aromatic amines is 1. The van der Waals surface area contributed by atoms with E-state index in [1.54, 1.807) is 7.11 Å². The number of H-pyrrole nitrogens is 1. The molecule has 72 heavy (non-hydrogen) atoms. The first-order valence-corrected chi connectivity index (χ1v) is 27.4. The van der Waals surface area contributed by atoms with Gasteiger partial charge in [0.1, 0.15) is 18.3 Å². The number of carboxylic acid groups (broad SMARTS) is 2. The summed E-state index contributed by atoms with van der Waals surface area (Å²) >= 11 is 0. The highest BCUT2D eigenvalue weighted by atomic mass is 16.7. The average molecular weight is 992 g/mol. The fourth-order valence-corrected chi connectivity index (χ4v) is 22.8. The van der Waals surface area contributed by atoms with Gasteiger partial charge in [-0.2, -0.15) is 0 Å². The Hall–Kier alpha value is -3.63. The lowest BCUT2D eigenvalue weighted by Gasteiger charge is -2.90. The number of amides is 1. The smallest absolute Gasteiger partial charge is 0.335 e. The number of hydrogen-bond donors (Lipinski definition) is 8. The van der Waals surface area contributed by atoms with E-state index < -0.39 is 109 Å². The summed E-state index contributed by atoms with van der Waals surface area (Å²) in [7, 11) is 3.73. The highest BCUT2D eigenvalue weighted by Gasteiger charge is 2.94. The molecule has 8 N–H and O–H groups in total. The zero-order valence-electron chi connectivity index (χ0n) is 43.1. The molecular formula is C58H77N3O11. The fourth-order valence-electron chi connectivity index (χ4n) is 22.8. The number of hydrogen-bond acceptors (Lipinski definition) is 10. The number of methoxy groups -OCH3 is 1. The van der Waals surface area contributed by atoms with E-state index in [0.717, 1.165) is 44.9 Å². The fraction of sp³-hybridized carbons (Fsp3) is 0.741. The number of carbonyl (C=O) groups is 3. The van der Waals surface area contributed by atoms with Crippen molar-refractivity contribution >= 4 is 17.8 Å². The molecular weight excluding hydrogens is 915 g/mol. The predicted octanol–water partition coefficient (Wildman–Crippen LogP) is 5.87. The van der Waals surface area contributed by atoms with Crippen molar-refractivity contribution in [2.45, 2.75) is 155 Å². The van der Waals surface area contributed by atoms with Crippen LogP contribution >= 0.6 is 0 Å². The summed E-state index contributed by atoms with van der Waals surface area (Å²) in [6.07, 6.45) is 18.5. The van der Waals surface area contributed by atoms with Crippen molar-refractivity contribution in [2.75, 3.05) is 27.3 Å². The van der Waals surface area contributed by atoms with Crippen LogP contribution in [-0.2, 0) is 41.4 Å². The standard InChI is InChI=1S/C58H77N3O11/c1-8-30-27-60-28-31(30)10-17-57-37-21-36-32(26-59-6)22-53-24-34-12-16-52(57,25-39(49(37,2)3)71-45-42(64)40(62)41(63)43(72-45)44(65)66)15-11-33-20-38-55-14-9-13-50(4,46(55)61-47(53)67)23-35(29-70-7)54(55,48(68)69)18-19-56(38,53)51(36,5)58(33,34)57/h9,12,14,16,20,24,27-28,32-33,35-37,39-43,45-46,59-60,62-64H,8,10-11,13,15,17-19,21-23,25-26,29H2,1-7H3,(H,61,67)(H,65,66)(H,68,69). The second-order valence-electron chi connectivity index (χ2n) is 26.5. The molecule has 1 amide bonds. The van der Waals surface area contributed by atoms with Crippen molar-refractivity contribution in [1.82, 2.24) is 15.6 Å². The van der Waals surface area contributed by atoms with Crippen LogP contribution in [0, 0.1) is 83.7 Å². The molecule has 10 aliphatic carbocycles. The number of aliphatic hydroxyl groups excluding tert-OH is 3. The third-order valence-corrected chi connectivity index (χ3v) is 24.8. The molecule has 0 aromatic carbocycles. The molecule has 3 spiro atoms. The predicted molar refractivity (Wildman–Crippen MR) is 264 cm³/mol. The number of aromatic nitrogens is 1. The quantitative estimate of drug-likeness (QED) is 0.0911. The minimum absolute atomic E-state index is 0.00401. The number of aliphatic carboxylic acids is 2. The molecule has 8 fully saturated rings. The number of nitrogens with one attached hydrogen (secondary N) is 3. The Bertz CT molecular complexity index is 2680. The van der Waals surface area contributed by atoms with Crippen LogP contribution in [-0.4, -0.2) is 119 Å². The maximum absolute atomic E-state index is 16.6. The molecule has 1 aromatic rings. The van der Waals surface area contributed by atoms with Crippen molar-refractivity contribution in [3.8, 4) is 0 Å². The van der Waals surface area contributed by atoms with Crippen LogP contribution in [0.25, 0.3) is 0 Å². The van der Waals surface area contributed by atoms with E-state index in [1.165, 1.54) is 22.3 Å². The van der Waals surface area contributed by atoms with Gasteiger partial charge >= 0.3 is 11.9 Å². The monoisotopic (exact) mass is 992 g/mol. The molecule has 14 nitrogen and oxygen atoms in total. The minimum Gasteiger partial charge on any atom is -0.481 e. The third-order valence-electron chi connectivity index (χ3n) is 24.8. The maximum atomic E-state index is 16.6. The highest BCUT2D eigenvalue weighted by Crippen LogP contribution is 2.97. The van der Waals surface area contributed by atoms with Gasteiger partial charge in [-0.3, -0.25) is 9.59 Å². The lowest BCUT2D eigenvalue weighted by molar-refractivity contribution is -0.386. The van der Waals surface area contributed by atoms with Crippen LogP contribution < -0.4 is 10.6 Å². The van der Waals surface area contributed by atoms with E-state index >= 15 is 4.79 Å². The molecule has 12 aliphatic rings. The molecule has 3 heterocycles. The second kappa shape index (κ2) is 14.8. The zero-order valence-corrected chi connectivity index (χ0v) is 43.1. The van der Waals surface area contributed by atoms with E-state index in [9.17, 15) is 35.1 Å². The Morgan fingerprint density at radius 1 is 0.972 bits per heavy atom. The molecule has 2 aliphatic heterocycles. The van der Waals surface area contributed by atoms with Crippen molar-refractivity contribution in [2.24, 2.45) is 83.7 Å². The number of aryl methyl sites for hydroxylation is 2. The van der Waals surface area contributed by atoms with Gasteiger partial charge in [-0.05, 0) is 158 Å². The Morgan fingerprint density at radius 3 is 2.47 bits per heavy atom. The number of rotatable bonds is 12. The molecule has 0 radical (unpaired) electrons. The van der Waals surface area contributed by atoms with Crippen LogP contribution in [0.1, 0.15) is 110 Å². The van der Waals surface area contributed by atoms with Gasteiger partial charge in [0.15, 0.2) is 12.4 Å². The Morgan fingerprint density at radius 2 is 1.75 bits per heavy atom. The van der Waals surface area contributed by atoms with Crippen LogP contribution in [0.2, 0.25) is 0 Å². The summed E-state index contributed by atoms with van der Waals surface area (Å²) in [5.41, 5.74) is -1.82. The van der Waals surface area contributed by atoms with Gasteiger partial charge in [0.25, 0.3) is 0 Å². The highest BCUT2D eigenvalue weighted by molar-refractivity contribution is 5.92. The van der Waals surface area contributed by atoms with E-state index in [2.05, 4.69) is 99.1 Å². The lowest BCUT2D eigenvalue weighted by Crippen LogP contribution is -2.87. The summed E-state index contributed by atoms with van der Waals surface area (Å²) in [4.78, 5) is 47.4. The average Bonchev–Trinajstić information content (AvgIpc) is 3.77. The Balaban J connectivity index is 1.11.